The summed E-state index contributed by atoms with van der Waals surface area (Å²) in [5, 5.41) is 0.846. The van der Waals surface area contributed by atoms with Gasteiger partial charge in [0.2, 0.25) is 0 Å². The summed E-state index contributed by atoms with van der Waals surface area (Å²) in [4.78, 5) is 13.7. The van der Waals surface area contributed by atoms with Crippen molar-refractivity contribution in [2.75, 3.05) is 0 Å². The number of rotatable bonds is 3. The first kappa shape index (κ1) is 9.29. The van der Waals surface area contributed by atoms with Gasteiger partial charge in [-0.15, -0.1) is 0 Å². The normalized spacial score (nSPS) is 9.50. The van der Waals surface area contributed by atoms with Crippen molar-refractivity contribution >= 4 is 29.7 Å². The number of hydrogen-bond donors (Lipinski definition) is 0. The maximum atomic E-state index is 9.84. The second-order valence-corrected chi connectivity index (χ2v) is 2.83. The number of pyridine rings is 1. The number of nitrogens with zero attached hydrogens (tertiary/aromatic N) is 1. The molecule has 1 aromatic rings. The third kappa shape index (κ3) is 2.36. The average molecular weight is 206 g/mol. The van der Waals surface area contributed by atoms with Gasteiger partial charge < -0.3 is 4.74 Å². The topological polar surface area (TPSA) is 39.2 Å². The molecule has 1 rings (SSSR count). The fourth-order valence-electron chi connectivity index (χ4n) is 0.662. The summed E-state index contributed by atoms with van der Waals surface area (Å²) in [6.07, 6.45) is 1.44. The van der Waals surface area contributed by atoms with Crippen LogP contribution < -0.4 is 0 Å². The first-order valence-electron chi connectivity index (χ1n) is 3.09. The van der Waals surface area contributed by atoms with Gasteiger partial charge in [0.1, 0.15) is 6.61 Å². The Kier molecular flexibility index (Phi) is 3.31. The monoisotopic (exact) mass is 205 g/mol. The van der Waals surface area contributed by atoms with Crippen LogP contribution in [0.25, 0.3) is 0 Å². The van der Waals surface area contributed by atoms with Crippen LogP contribution in [0, 0.1) is 0 Å². The zero-order valence-corrected chi connectivity index (χ0v) is 7.47. The molecular weight excluding hydrogens is 201 g/mol. The Morgan fingerprint density at radius 2 is 2.33 bits per heavy atom. The molecule has 0 N–H and O–H groups in total. The lowest BCUT2D eigenvalue weighted by Gasteiger charge is -2.00. The van der Waals surface area contributed by atoms with Gasteiger partial charge in [0, 0.05) is 6.20 Å². The molecule has 1 aromatic heterocycles. The second kappa shape index (κ2) is 4.28. The Labute approximate surface area is 79.3 Å². The maximum absolute atomic E-state index is 9.84. The number of carbonyl (C=O) groups is 1. The predicted octanol–water partition coefficient (Wildman–Crippen LogP) is 2.06. The van der Waals surface area contributed by atoms with Crippen molar-refractivity contribution < 1.29 is 9.53 Å². The van der Waals surface area contributed by atoms with E-state index >= 15 is 0 Å². The second-order valence-electron chi connectivity index (χ2n) is 1.99. The highest BCUT2D eigenvalue weighted by Crippen LogP contribution is 2.18. The van der Waals surface area contributed by atoms with Crippen LogP contribution in [0.1, 0.15) is 5.69 Å². The lowest BCUT2D eigenvalue weighted by molar-refractivity contribution is -0.129. The minimum absolute atomic E-state index is 0.0690. The van der Waals surface area contributed by atoms with E-state index in [4.69, 9.17) is 23.2 Å². The molecule has 1 heterocycles. The van der Waals surface area contributed by atoms with Gasteiger partial charge >= 0.3 is 0 Å². The third-order valence-electron chi connectivity index (χ3n) is 1.17. The SMILES string of the molecule is O=COCc1ncc(Cl)cc1Cl. The lowest BCUT2D eigenvalue weighted by atomic mass is 10.4. The summed E-state index contributed by atoms with van der Waals surface area (Å²) >= 11 is 11.3. The van der Waals surface area contributed by atoms with Crippen molar-refractivity contribution in [2.45, 2.75) is 6.61 Å². The van der Waals surface area contributed by atoms with Gasteiger partial charge in [0.25, 0.3) is 6.47 Å². The molecule has 0 fully saturated rings. The van der Waals surface area contributed by atoms with E-state index in [2.05, 4.69) is 9.72 Å². The van der Waals surface area contributed by atoms with Crippen molar-refractivity contribution in [1.29, 1.82) is 0 Å². The Morgan fingerprint density at radius 1 is 1.58 bits per heavy atom. The molecule has 3 nitrogen and oxygen atoms in total. The molecule has 0 atom stereocenters. The molecule has 0 aliphatic rings. The Hall–Kier alpha value is -0.800. The van der Waals surface area contributed by atoms with Crippen molar-refractivity contribution in [3.8, 4) is 0 Å². The van der Waals surface area contributed by atoms with Crippen molar-refractivity contribution in [3.63, 3.8) is 0 Å². The van der Waals surface area contributed by atoms with Crippen LogP contribution >= 0.6 is 23.2 Å². The first-order chi connectivity index (χ1) is 5.74. The molecule has 64 valence electrons. The number of ether oxygens (including phenoxy) is 1. The summed E-state index contributed by atoms with van der Waals surface area (Å²) in [5.41, 5.74) is 0.494. The Morgan fingerprint density at radius 3 is 2.92 bits per heavy atom. The van der Waals surface area contributed by atoms with Gasteiger partial charge in [-0.1, -0.05) is 23.2 Å². The summed E-state index contributed by atoms with van der Waals surface area (Å²) in [7, 11) is 0. The Bertz CT molecular complexity index is 291. The molecule has 0 aliphatic heterocycles. The zero-order chi connectivity index (χ0) is 8.97. The van der Waals surface area contributed by atoms with Crippen molar-refractivity contribution in [1.82, 2.24) is 4.98 Å². The summed E-state index contributed by atoms with van der Waals surface area (Å²) in [6.45, 7) is 0.409. The van der Waals surface area contributed by atoms with Gasteiger partial charge in [-0.2, -0.15) is 0 Å². The fraction of sp³-hybridized carbons (Fsp3) is 0.143. The number of aromatic nitrogens is 1. The highest BCUT2D eigenvalue weighted by Gasteiger charge is 2.02. The van der Waals surface area contributed by atoms with E-state index < -0.39 is 0 Å². The standard InChI is InChI=1S/C7H5Cl2NO2/c8-5-1-6(9)7(10-2-5)3-12-4-11/h1-2,4H,3H2. The maximum Gasteiger partial charge on any atom is 0.293 e. The number of halogens is 2. The molecule has 12 heavy (non-hydrogen) atoms. The van der Waals surface area contributed by atoms with Crippen LogP contribution in [0.2, 0.25) is 10.0 Å². The third-order valence-corrected chi connectivity index (χ3v) is 1.71. The van der Waals surface area contributed by atoms with Crippen molar-refractivity contribution in [3.05, 3.63) is 28.0 Å². The fourth-order valence-corrected chi connectivity index (χ4v) is 1.10. The highest BCUT2D eigenvalue weighted by atomic mass is 35.5. The van der Waals surface area contributed by atoms with Crippen LogP contribution in [-0.4, -0.2) is 11.5 Å². The van der Waals surface area contributed by atoms with E-state index in [1.165, 1.54) is 6.20 Å². The molecule has 0 aromatic carbocycles. The average Bonchev–Trinajstić information content (AvgIpc) is 2.03. The smallest absolute Gasteiger partial charge is 0.293 e. The quantitative estimate of drug-likeness (QED) is 0.710. The van der Waals surface area contributed by atoms with Crippen LogP contribution in [0.4, 0.5) is 0 Å². The predicted molar refractivity (Wildman–Crippen MR) is 45.1 cm³/mol. The van der Waals surface area contributed by atoms with Gasteiger partial charge in [-0.05, 0) is 6.07 Å². The minimum atomic E-state index is 0.0690. The van der Waals surface area contributed by atoms with Gasteiger partial charge in [-0.3, -0.25) is 9.78 Å². The van der Waals surface area contributed by atoms with Gasteiger partial charge in [0.15, 0.2) is 0 Å². The minimum Gasteiger partial charge on any atom is -0.461 e. The number of carbonyl (C=O) groups excluding carboxylic acids is 1. The van der Waals surface area contributed by atoms with E-state index in [0.717, 1.165) is 0 Å². The van der Waals surface area contributed by atoms with Crippen LogP contribution in [0.5, 0.6) is 0 Å². The summed E-state index contributed by atoms with van der Waals surface area (Å²) in [5.74, 6) is 0. The van der Waals surface area contributed by atoms with Crippen LogP contribution in [-0.2, 0) is 16.1 Å². The molecule has 0 saturated heterocycles. The summed E-state index contributed by atoms with van der Waals surface area (Å²) in [6, 6.07) is 1.54. The molecule has 0 amide bonds. The Balaban J connectivity index is 2.78. The van der Waals surface area contributed by atoms with E-state index in [1.807, 2.05) is 0 Å². The van der Waals surface area contributed by atoms with E-state index in [-0.39, 0.29) is 6.61 Å². The molecule has 0 bridgehead atoms. The molecule has 0 aliphatic carbocycles. The molecule has 0 unspecified atom stereocenters. The van der Waals surface area contributed by atoms with Gasteiger partial charge in [-0.25, -0.2) is 0 Å². The lowest BCUT2D eigenvalue weighted by Crippen LogP contribution is -1.94. The van der Waals surface area contributed by atoms with E-state index in [0.29, 0.717) is 22.2 Å². The number of hydrogen-bond acceptors (Lipinski definition) is 3. The first-order valence-corrected chi connectivity index (χ1v) is 3.85. The molecular formula is C7H5Cl2NO2. The largest absolute Gasteiger partial charge is 0.461 e. The molecule has 0 spiro atoms. The van der Waals surface area contributed by atoms with E-state index in [1.54, 1.807) is 6.07 Å². The van der Waals surface area contributed by atoms with Crippen LogP contribution in [0.3, 0.4) is 0 Å². The highest BCUT2D eigenvalue weighted by molar-refractivity contribution is 6.34. The van der Waals surface area contributed by atoms with E-state index in [9.17, 15) is 4.79 Å². The molecule has 0 radical (unpaired) electrons. The molecule has 5 heteroatoms. The summed E-state index contributed by atoms with van der Waals surface area (Å²) < 4.78 is 4.47. The van der Waals surface area contributed by atoms with Crippen LogP contribution in [0.15, 0.2) is 12.3 Å². The molecule has 0 saturated carbocycles. The van der Waals surface area contributed by atoms with Crippen molar-refractivity contribution in [2.24, 2.45) is 0 Å². The zero-order valence-electron chi connectivity index (χ0n) is 5.96. The van der Waals surface area contributed by atoms with Gasteiger partial charge in [0.05, 0.1) is 15.7 Å².